The van der Waals surface area contributed by atoms with Gasteiger partial charge in [-0.1, -0.05) is 0 Å². The van der Waals surface area contributed by atoms with Gasteiger partial charge >= 0.3 is 0 Å². The van der Waals surface area contributed by atoms with Crippen LogP contribution >= 0.6 is 0 Å². The molecular weight excluding hydrogens is 128 g/mol. The number of primary amides is 1. The molecule has 0 heterocycles. The fraction of sp³-hybridized carbons (Fsp3) is 0.857. The van der Waals surface area contributed by atoms with E-state index in [0.717, 1.165) is 25.8 Å². The predicted molar refractivity (Wildman–Crippen MR) is 39.1 cm³/mol. The highest BCUT2D eigenvalue weighted by molar-refractivity contribution is 5.79. The summed E-state index contributed by atoms with van der Waals surface area (Å²) >= 11 is 0. The lowest BCUT2D eigenvalue weighted by Crippen LogP contribution is -2.14. The zero-order valence-corrected chi connectivity index (χ0v) is 6.05. The van der Waals surface area contributed by atoms with Gasteiger partial charge < -0.3 is 11.5 Å². The summed E-state index contributed by atoms with van der Waals surface area (Å²) in [4.78, 5) is 10.5. The van der Waals surface area contributed by atoms with Gasteiger partial charge in [0.25, 0.3) is 0 Å². The van der Waals surface area contributed by atoms with Crippen molar-refractivity contribution in [1.82, 2.24) is 0 Å². The maximum absolute atomic E-state index is 10.5. The van der Waals surface area contributed by atoms with E-state index in [4.69, 9.17) is 11.5 Å². The Morgan fingerprint density at radius 1 is 1.60 bits per heavy atom. The van der Waals surface area contributed by atoms with E-state index in [9.17, 15) is 4.79 Å². The van der Waals surface area contributed by atoms with Gasteiger partial charge in [-0.15, -0.1) is 0 Å². The van der Waals surface area contributed by atoms with Crippen LogP contribution in [0.15, 0.2) is 0 Å². The normalized spacial score (nSPS) is 30.1. The van der Waals surface area contributed by atoms with Crippen LogP contribution in [0.2, 0.25) is 0 Å². The van der Waals surface area contributed by atoms with Crippen LogP contribution < -0.4 is 11.5 Å². The van der Waals surface area contributed by atoms with Gasteiger partial charge in [-0.2, -0.15) is 0 Å². The summed E-state index contributed by atoms with van der Waals surface area (Å²) in [6.07, 6.45) is 3.09. The SMILES string of the molecule is NCCCC1CC1C(N)=O. The molecule has 1 saturated carbocycles. The van der Waals surface area contributed by atoms with Crippen LogP contribution in [-0.4, -0.2) is 12.5 Å². The smallest absolute Gasteiger partial charge is 0.220 e. The molecule has 0 radical (unpaired) electrons. The van der Waals surface area contributed by atoms with Crippen molar-refractivity contribution in [2.45, 2.75) is 19.3 Å². The summed E-state index contributed by atoms with van der Waals surface area (Å²) in [5, 5.41) is 0. The number of hydrogen-bond acceptors (Lipinski definition) is 2. The second kappa shape index (κ2) is 3.01. The van der Waals surface area contributed by atoms with E-state index in [-0.39, 0.29) is 11.8 Å². The van der Waals surface area contributed by atoms with Gasteiger partial charge in [-0.05, 0) is 31.7 Å². The van der Waals surface area contributed by atoms with E-state index in [1.807, 2.05) is 0 Å². The van der Waals surface area contributed by atoms with Crippen molar-refractivity contribution in [2.24, 2.45) is 23.3 Å². The first-order valence-electron chi connectivity index (χ1n) is 3.75. The van der Waals surface area contributed by atoms with Gasteiger partial charge in [-0.3, -0.25) is 4.79 Å². The second-order valence-electron chi connectivity index (χ2n) is 2.94. The number of carbonyl (C=O) groups excluding carboxylic acids is 1. The first kappa shape index (κ1) is 7.54. The number of carbonyl (C=O) groups is 1. The van der Waals surface area contributed by atoms with E-state index >= 15 is 0 Å². The molecule has 0 aliphatic heterocycles. The fourth-order valence-electron chi connectivity index (χ4n) is 1.30. The number of amides is 1. The van der Waals surface area contributed by atoms with E-state index in [0.29, 0.717) is 5.92 Å². The third-order valence-corrected chi connectivity index (χ3v) is 2.07. The van der Waals surface area contributed by atoms with E-state index in [1.54, 1.807) is 0 Å². The maximum Gasteiger partial charge on any atom is 0.220 e. The molecule has 4 N–H and O–H groups in total. The monoisotopic (exact) mass is 142 g/mol. The van der Waals surface area contributed by atoms with Gasteiger partial charge in [0.05, 0.1) is 0 Å². The number of hydrogen-bond donors (Lipinski definition) is 2. The Labute approximate surface area is 60.8 Å². The molecule has 0 bridgehead atoms. The van der Waals surface area contributed by atoms with Gasteiger partial charge in [0, 0.05) is 5.92 Å². The third-order valence-electron chi connectivity index (χ3n) is 2.07. The minimum Gasteiger partial charge on any atom is -0.369 e. The molecule has 1 amide bonds. The molecule has 58 valence electrons. The van der Waals surface area contributed by atoms with Gasteiger partial charge in [0.1, 0.15) is 0 Å². The van der Waals surface area contributed by atoms with Crippen LogP contribution in [0.4, 0.5) is 0 Å². The molecule has 1 rings (SSSR count). The Morgan fingerprint density at radius 2 is 2.30 bits per heavy atom. The largest absolute Gasteiger partial charge is 0.369 e. The van der Waals surface area contributed by atoms with E-state index in [2.05, 4.69) is 0 Å². The van der Waals surface area contributed by atoms with Gasteiger partial charge in [0.15, 0.2) is 0 Å². The highest BCUT2D eigenvalue weighted by Crippen LogP contribution is 2.41. The van der Waals surface area contributed by atoms with Crippen molar-refractivity contribution >= 4 is 5.91 Å². The Bertz CT molecular complexity index is 136. The molecular formula is C7H14N2O. The number of rotatable bonds is 4. The van der Waals surface area contributed by atoms with Crippen LogP contribution in [0.1, 0.15) is 19.3 Å². The average molecular weight is 142 g/mol. The molecule has 3 nitrogen and oxygen atoms in total. The van der Waals surface area contributed by atoms with Crippen molar-refractivity contribution in [2.75, 3.05) is 6.54 Å². The molecule has 1 fully saturated rings. The topological polar surface area (TPSA) is 69.1 Å². The second-order valence-corrected chi connectivity index (χ2v) is 2.94. The van der Waals surface area contributed by atoms with Crippen molar-refractivity contribution in [1.29, 1.82) is 0 Å². The first-order chi connectivity index (χ1) is 4.75. The highest BCUT2D eigenvalue weighted by atomic mass is 16.1. The molecule has 0 aromatic rings. The molecule has 0 aromatic carbocycles. The zero-order valence-electron chi connectivity index (χ0n) is 6.05. The maximum atomic E-state index is 10.5. The van der Waals surface area contributed by atoms with Gasteiger partial charge in [-0.25, -0.2) is 0 Å². The van der Waals surface area contributed by atoms with Crippen LogP contribution in [0.3, 0.4) is 0 Å². The molecule has 2 atom stereocenters. The molecule has 0 spiro atoms. The molecule has 3 heteroatoms. The lowest BCUT2D eigenvalue weighted by molar-refractivity contribution is -0.119. The van der Waals surface area contributed by atoms with E-state index < -0.39 is 0 Å². The standard InChI is InChI=1S/C7H14N2O/c8-3-1-2-5-4-6(5)7(9)10/h5-6H,1-4,8H2,(H2,9,10). The minimum atomic E-state index is -0.137. The third kappa shape index (κ3) is 1.70. The highest BCUT2D eigenvalue weighted by Gasteiger charge is 2.40. The van der Waals surface area contributed by atoms with Crippen molar-refractivity contribution in [3.63, 3.8) is 0 Å². The summed E-state index contributed by atoms with van der Waals surface area (Å²) in [6.45, 7) is 0.724. The predicted octanol–water partition coefficient (Wildman–Crippen LogP) is -0.153. The van der Waals surface area contributed by atoms with Crippen LogP contribution in [0, 0.1) is 11.8 Å². The van der Waals surface area contributed by atoms with Crippen LogP contribution in [-0.2, 0) is 4.79 Å². The summed E-state index contributed by atoms with van der Waals surface area (Å²) in [5.41, 5.74) is 10.4. The summed E-state index contributed by atoms with van der Waals surface area (Å²) in [5.74, 6) is 0.592. The minimum absolute atomic E-state index is 0.137. The lowest BCUT2D eigenvalue weighted by atomic mass is 10.2. The van der Waals surface area contributed by atoms with E-state index in [1.165, 1.54) is 0 Å². The summed E-state index contributed by atoms with van der Waals surface area (Å²) in [6, 6.07) is 0. The molecule has 0 saturated heterocycles. The van der Waals surface area contributed by atoms with Crippen molar-refractivity contribution < 1.29 is 4.79 Å². The van der Waals surface area contributed by atoms with Crippen LogP contribution in [0.25, 0.3) is 0 Å². The quantitative estimate of drug-likeness (QED) is 0.573. The molecule has 1 aliphatic rings. The first-order valence-corrected chi connectivity index (χ1v) is 3.75. The zero-order chi connectivity index (χ0) is 7.56. The number of nitrogens with two attached hydrogens (primary N) is 2. The Kier molecular flexibility index (Phi) is 2.27. The van der Waals surface area contributed by atoms with Crippen LogP contribution in [0.5, 0.6) is 0 Å². The van der Waals surface area contributed by atoms with Crippen molar-refractivity contribution in [3.8, 4) is 0 Å². The summed E-state index contributed by atoms with van der Waals surface area (Å²) in [7, 11) is 0. The van der Waals surface area contributed by atoms with Crippen molar-refractivity contribution in [3.05, 3.63) is 0 Å². The summed E-state index contributed by atoms with van der Waals surface area (Å²) < 4.78 is 0. The fourth-order valence-corrected chi connectivity index (χ4v) is 1.30. The Hall–Kier alpha value is -0.570. The Balaban J connectivity index is 2.08. The molecule has 0 aromatic heterocycles. The molecule has 2 unspecified atom stereocenters. The molecule has 1 aliphatic carbocycles. The average Bonchev–Trinajstić information content (AvgIpc) is 2.62. The Morgan fingerprint density at radius 3 is 2.70 bits per heavy atom. The van der Waals surface area contributed by atoms with Gasteiger partial charge in [0.2, 0.25) is 5.91 Å². The lowest BCUT2D eigenvalue weighted by Gasteiger charge is -1.93. The molecule has 10 heavy (non-hydrogen) atoms.